The molecule has 0 N–H and O–H groups in total. The molecular weight excluding hydrogens is 280 g/mol. The van der Waals surface area contributed by atoms with E-state index in [2.05, 4.69) is 67.3 Å². The molecule has 0 fully saturated rings. The molecule has 0 atom stereocenters. The lowest BCUT2D eigenvalue weighted by molar-refractivity contribution is 0.624. The molecule has 2 aliphatic rings. The highest BCUT2D eigenvalue weighted by Crippen LogP contribution is 2.54. The zero-order valence-corrected chi connectivity index (χ0v) is 13.4. The van der Waals surface area contributed by atoms with E-state index in [0.717, 1.165) is 12.2 Å². The highest BCUT2D eigenvalue weighted by Gasteiger charge is 2.40. The summed E-state index contributed by atoms with van der Waals surface area (Å²) in [5.41, 5.74) is 8.02. The van der Waals surface area contributed by atoms with Crippen molar-refractivity contribution in [1.29, 1.82) is 0 Å². The smallest absolute Gasteiger partial charge is 0.141 e. The molecule has 2 aromatic carbocycles. The van der Waals surface area contributed by atoms with Gasteiger partial charge in [0.05, 0.1) is 11.4 Å². The number of aromatic nitrogens is 1. The molecule has 23 heavy (non-hydrogen) atoms. The maximum atomic E-state index is 4.77. The van der Waals surface area contributed by atoms with E-state index in [0.29, 0.717) is 0 Å². The number of nitrogens with zero attached hydrogens (tertiary/aromatic N) is 2. The Morgan fingerprint density at radius 2 is 1.65 bits per heavy atom. The normalized spacial score (nSPS) is 16.3. The van der Waals surface area contributed by atoms with Crippen LogP contribution >= 0.6 is 0 Å². The van der Waals surface area contributed by atoms with E-state index in [1.165, 1.54) is 33.6 Å². The van der Waals surface area contributed by atoms with Gasteiger partial charge >= 0.3 is 0 Å². The third-order valence-electron chi connectivity index (χ3n) is 5.30. The summed E-state index contributed by atoms with van der Waals surface area (Å²) in [6, 6.07) is 19.7. The van der Waals surface area contributed by atoms with E-state index in [4.69, 9.17) is 4.98 Å². The van der Waals surface area contributed by atoms with Crippen LogP contribution in [-0.2, 0) is 11.8 Å². The van der Waals surface area contributed by atoms with Crippen molar-refractivity contribution in [2.45, 2.75) is 25.7 Å². The first-order valence-electron chi connectivity index (χ1n) is 8.14. The summed E-state index contributed by atoms with van der Waals surface area (Å²) in [6.45, 7) is 4.61. The predicted molar refractivity (Wildman–Crippen MR) is 93.9 cm³/mol. The van der Waals surface area contributed by atoms with Crippen LogP contribution in [0.1, 0.15) is 36.1 Å². The minimum Gasteiger partial charge on any atom is -0.294 e. The van der Waals surface area contributed by atoms with Crippen molar-refractivity contribution < 1.29 is 0 Å². The summed E-state index contributed by atoms with van der Waals surface area (Å²) >= 11 is 0. The summed E-state index contributed by atoms with van der Waals surface area (Å²) in [5.74, 6) is 1.07. The van der Waals surface area contributed by atoms with Gasteiger partial charge in [0, 0.05) is 23.6 Å². The topological polar surface area (TPSA) is 16.1 Å². The first-order chi connectivity index (χ1) is 11.2. The third kappa shape index (κ3) is 1.56. The van der Waals surface area contributed by atoms with Gasteiger partial charge in [-0.3, -0.25) is 4.90 Å². The Balaban J connectivity index is 1.92. The van der Waals surface area contributed by atoms with Crippen molar-refractivity contribution in [3.8, 4) is 0 Å². The third-order valence-corrected chi connectivity index (χ3v) is 5.30. The van der Waals surface area contributed by atoms with Crippen LogP contribution in [0.3, 0.4) is 0 Å². The van der Waals surface area contributed by atoms with Gasteiger partial charge in [-0.15, -0.1) is 0 Å². The first-order valence-corrected chi connectivity index (χ1v) is 8.14. The largest absolute Gasteiger partial charge is 0.294 e. The molecule has 2 heteroatoms. The summed E-state index contributed by atoms with van der Waals surface area (Å²) in [5, 5.41) is 0. The lowest BCUT2D eigenvalue weighted by Gasteiger charge is -2.44. The van der Waals surface area contributed by atoms with Gasteiger partial charge < -0.3 is 0 Å². The van der Waals surface area contributed by atoms with Crippen molar-refractivity contribution in [3.05, 3.63) is 83.0 Å². The molecule has 0 aliphatic carbocycles. The van der Waals surface area contributed by atoms with Crippen LogP contribution in [0.25, 0.3) is 0 Å². The summed E-state index contributed by atoms with van der Waals surface area (Å²) in [4.78, 5) is 7.13. The van der Waals surface area contributed by atoms with E-state index >= 15 is 0 Å². The van der Waals surface area contributed by atoms with Crippen LogP contribution in [0.5, 0.6) is 0 Å². The van der Waals surface area contributed by atoms with E-state index in [1.54, 1.807) is 0 Å². The number of anilines is 3. The molecule has 5 rings (SSSR count). The Labute approximate surface area is 136 Å². The van der Waals surface area contributed by atoms with E-state index < -0.39 is 0 Å². The summed E-state index contributed by atoms with van der Waals surface area (Å²) < 4.78 is 0. The Morgan fingerprint density at radius 1 is 0.870 bits per heavy atom. The Morgan fingerprint density at radius 3 is 2.57 bits per heavy atom. The summed E-state index contributed by atoms with van der Waals surface area (Å²) in [6.07, 6.45) is 2.90. The first kappa shape index (κ1) is 12.9. The molecule has 0 saturated heterocycles. The highest BCUT2D eigenvalue weighted by molar-refractivity contribution is 5.89. The molecule has 0 amide bonds. The Bertz CT molecular complexity index is 940. The number of hydrogen-bond acceptors (Lipinski definition) is 2. The summed E-state index contributed by atoms with van der Waals surface area (Å²) in [7, 11) is 0. The van der Waals surface area contributed by atoms with Crippen LogP contribution < -0.4 is 4.90 Å². The molecule has 1 aromatic heterocycles. The number of hydrogen-bond donors (Lipinski definition) is 0. The van der Waals surface area contributed by atoms with Gasteiger partial charge in [-0.05, 0) is 28.8 Å². The lowest BCUT2D eigenvalue weighted by Crippen LogP contribution is -2.34. The van der Waals surface area contributed by atoms with Crippen LogP contribution in [0.2, 0.25) is 0 Å². The molecule has 0 unspecified atom stereocenters. The monoisotopic (exact) mass is 298 g/mol. The quantitative estimate of drug-likeness (QED) is 0.449. The average Bonchev–Trinajstić information content (AvgIpc) is 2.58. The van der Waals surface area contributed by atoms with Gasteiger partial charge in [0.1, 0.15) is 5.82 Å². The molecule has 0 radical (unpaired) electrons. The molecule has 3 aromatic rings. The second-order valence-corrected chi connectivity index (χ2v) is 6.95. The molecule has 0 spiro atoms. The maximum absolute atomic E-state index is 4.77. The van der Waals surface area contributed by atoms with Gasteiger partial charge in [-0.25, -0.2) is 4.98 Å². The van der Waals surface area contributed by atoms with E-state index in [9.17, 15) is 0 Å². The fourth-order valence-corrected chi connectivity index (χ4v) is 4.13. The number of pyridine rings is 1. The average molecular weight is 298 g/mol. The van der Waals surface area contributed by atoms with Crippen LogP contribution in [0, 0.1) is 0 Å². The van der Waals surface area contributed by atoms with Gasteiger partial charge in [-0.2, -0.15) is 0 Å². The van der Waals surface area contributed by atoms with Crippen molar-refractivity contribution in [1.82, 2.24) is 4.98 Å². The van der Waals surface area contributed by atoms with Crippen LogP contribution in [0.15, 0.2) is 60.8 Å². The number of para-hydroxylation sites is 2. The zero-order chi connectivity index (χ0) is 15.6. The van der Waals surface area contributed by atoms with Crippen molar-refractivity contribution in [3.63, 3.8) is 0 Å². The minimum absolute atomic E-state index is 0.0300. The minimum atomic E-state index is -0.0300. The lowest BCUT2D eigenvalue weighted by atomic mass is 9.72. The van der Waals surface area contributed by atoms with Crippen LogP contribution in [-0.4, -0.2) is 4.98 Å². The van der Waals surface area contributed by atoms with Crippen molar-refractivity contribution >= 4 is 17.2 Å². The molecule has 2 nitrogen and oxygen atoms in total. The molecule has 0 bridgehead atoms. The van der Waals surface area contributed by atoms with Crippen LogP contribution in [0.4, 0.5) is 17.2 Å². The second kappa shape index (κ2) is 4.23. The van der Waals surface area contributed by atoms with Crippen molar-refractivity contribution in [2.75, 3.05) is 4.90 Å². The van der Waals surface area contributed by atoms with E-state index in [1.807, 2.05) is 12.3 Å². The van der Waals surface area contributed by atoms with Crippen molar-refractivity contribution in [2.24, 2.45) is 0 Å². The van der Waals surface area contributed by atoms with Gasteiger partial charge in [0.15, 0.2) is 0 Å². The number of rotatable bonds is 0. The van der Waals surface area contributed by atoms with Gasteiger partial charge in [-0.1, -0.05) is 56.3 Å². The Kier molecular flexibility index (Phi) is 2.37. The van der Waals surface area contributed by atoms with Gasteiger partial charge in [0.2, 0.25) is 0 Å². The maximum Gasteiger partial charge on any atom is 0.141 e. The standard InChI is InChI=1S/C21H18N2/c1-21(2)16-9-5-8-15-13-14-7-3-4-11-18(14)23(19(15)16)20-17(21)10-6-12-22-20/h3-12H,13H2,1-2H3. The zero-order valence-electron chi connectivity index (χ0n) is 13.4. The Hall–Kier alpha value is -2.61. The second-order valence-electron chi connectivity index (χ2n) is 6.95. The van der Waals surface area contributed by atoms with E-state index in [-0.39, 0.29) is 5.41 Å². The van der Waals surface area contributed by atoms with Gasteiger partial charge in [0.25, 0.3) is 0 Å². The molecular formula is C21H18N2. The SMILES string of the molecule is CC1(C)c2cccnc2N2c3ccccc3Cc3cccc1c32. The fraction of sp³-hybridized carbons (Fsp3) is 0.190. The molecule has 0 saturated carbocycles. The predicted octanol–water partition coefficient (Wildman–Crippen LogP) is 5.09. The number of fused-ring (bicyclic) bond motifs is 4. The number of benzene rings is 2. The fourth-order valence-electron chi connectivity index (χ4n) is 4.13. The molecule has 2 aliphatic heterocycles. The highest BCUT2D eigenvalue weighted by atomic mass is 15.2. The molecule has 112 valence electrons. The molecule has 3 heterocycles.